The van der Waals surface area contributed by atoms with E-state index in [4.69, 9.17) is 0 Å². The van der Waals surface area contributed by atoms with Crippen molar-refractivity contribution < 1.29 is 13.2 Å². The summed E-state index contributed by atoms with van der Waals surface area (Å²) in [6, 6.07) is 0.735. The van der Waals surface area contributed by atoms with Gasteiger partial charge in [0.1, 0.15) is 0 Å². The van der Waals surface area contributed by atoms with E-state index in [0.29, 0.717) is 12.5 Å². The summed E-state index contributed by atoms with van der Waals surface area (Å²) in [7, 11) is -3.30. The average molecular weight is 331 g/mol. The van der Waals surface area contributed by atoms with Gasteiger partial charge in [0, 0.05) is 19.1 Å². The monoisotopic (exact) mass is 331 g/mol. The van der Waals surface area contributed by atoms with E-state index in [1.54, 1.807) is 0 Å². The third kappa shape index (κ3) is 6.22. The molecular weight excluding hydrogens is 302 g/mol. The molecule has 0 bridgehead atoms. The van der Waals surface area contributed by atoms with Gasteiger partial charge in [-0.25, -0.2) is 13.1 Å². The predicted molar refractivity (Wildman–Crippen MR) is 87.0 cm³/mol. The molecule has 6 nitrogen and oxygen atoms in total. The van der Waals surface area contributed by atoms with E-state index < -0.39 is 10.0 Å². The fourth-order valence-electron chi connectivity index (χ4n) is 3.56. The summed E-state index contributed by atoms with van der Waals surface area (Å²) in [6.45, 7) is 2.72. The van der Waals surface area contributed by atoms with E-state index in [2.05, 4.69) is 14.9 Å². The molecule has 0 aromatic rings. The molecule has 1 amide bonds. The van der Waals surface area contributed by atoms with Gasteiger partial charge in [-0.15, -0.1) is 0 Å². The lowest BCUT2D eigenvalue weighted by molar-refractivity contribution is -0.120. The Morgan fingerprint density at radius 3 is 2.55 bits per heavy atom. The van der Waals surface area contributed by atoms with E-state index in [9.17, 15) is 13.2 Å². The highest BCUT2D eigenvalue weighted by Crippen LogP contribution is 2.26. The molecule has 0 aromatic heterocycles. The molecule has 0 radical (unpaired) electrons. The van der Waals surface area contributed by atoms with Gasteiger partial charge in [0.2, 0.25) is 15.9 Å². The van der Waals surface area contributed by atoms with Crippen molar-refractivity contribution in [2.24, 2.45) is 5.92 Å². The summed E-state index contributed by atoms with van der Waals surface area (Å²) in [5.41, 5.74) is 0. The van der Waals surface area contributed by atoms with Crippen LogP contribution in [0.5, 0.6) is 0 Å². The Labute approximate surface area is 134 Å². The zero-order chi connectivity index (χ0) is 16.0. The highest BCUT2D eigenvalue weighted by molar-refractivity contribution is 7.88. The van der Waals surface area contributed by atoms with Crippen molar-refractivity contribution in [1.29, 1.82) is 0 Å². The molecule has 1 saturated heterocycles. The Balaban J connectivity index is 1.70. The van der Waals surface area contributed by atoms with Crippen LogP contribution in [0.15, 0.2) is 0 Å². The van der Waals surface area contributed by atoms with Crippen LogP contribution in [0.4, 0.5) is 0 Å². The lowest BCUT2D eigenvalue weighted by atomic mass is 9.90. The van der Waals surface area contributed by atoms with E-state index in [0.717, 1.165) is 25.3 Å². The number of hydrogen-bond donors (Lipinski definition) is 2. The number of likely N-dealkylation sites (tertiary alicyclic amines) is 1. The molecule has 2 N–H and O–H groups in total. The Hall–Kier alpha value is -0.660. The van der Waals surface area contributed by atoms with Gasteiger partial charge in [0.05, 0.1) is 12.8 Å². The molecule has 7 heteroatoms. The van der Waals surface area contributed by atoms with E-state index in [1.807, 2.05) is 0 Å². The minimum Gasteiger partial charge on any atom is -0.355 e. The molecule has 1 saturated carbocycles. The first-order valence-electron chi connectivity index (χ1n) is 8.39. The summed E-state index contributed by atoms with van der Waals surface area (Å²) in [5.74, 6) is 0.234. The molecule has 1 aliphatic heterocycles. The van der Waals surface area contributed by atoms with Crippen LogP contribution in [0, 0.1) is 5.92 Å². The molecule has 0 aromatic carbocycles. The number of hydrogen-bond acceptors (Lipinski definition) is 4. The molecule has 0 spiro atoms. The molecule has 2 aliphatic rings. The zero-order valence-electron chi connectivity index (χ0n) is 13.5. The number of piperidine rings is 1. The summed E-state index contributed by atoms with van der Waals surface area (Å²) >= 11 is 0. The third-order valence-corrected chi connectivity index (χ3v) is 5.39. The fourth-order valence-corrected chi connectivity index (χ4v) is 3.95. The van der Waals surface area contributed by atoms with Crippen LogP contribution >= 0.6 is 0 Å². The van der Waals surface area contributed by atoms with Gasteiger partial charge in [0.15, 0.2) is 0 Å². The third-order valence-electron chi connectivity index (χ3n) is 4.72. The molecule has 2 fully saturated rings. The standard InChI is InChI=1S/C15H29N3O3S/c1-22(20,21)17-11-15(19)16-10-13-6-5-9-18(12-13)14-7-3-2-4-8-14/h13-14,17H,2-12H2,1H3,(H,16,19)/t13-/m0/s1. The molecule has 22 heavy (non-hydrogen) atoms. The van der Waals surface area contributed by atoms with Gasteiger partial charge in [-0.3, -0.25) is 4.79 Å². The topological polar surface area (TPSA) is 78.5 Å². The highest BCUT2D eigenvalue weighted by Gasteiger charge is 2.27. The largest absolute Gasteiger partial charge is 0.355 e. The maximum absolute atomic E-state index is 11.7. The molecule has 1 atom stereocenters. The maximum atomic E-state index is 11.7. The second-order valence-electron chi connectivity index (χ2n) is 6.69. The van der Waals surface area contributed by atoms with Gasteiger partial charge in [0.25, 0.3) is 0 Å². The van der Waals surface area contributed by atoms with Crippen LogP contribution in [-0.2, 0) is 14.8 Å². The van der Waals surface area contributed by atoms with Crippen LogP contribution in [0.1, 0.15) is 44.9 Å². The lowest BCUT2D eigenvalue weighted by Gasteiger charge is -2.40. The van der Waals surface area contributed by atoms with Crippen LogP contribution in [0.3, 0.4) is 0 Å². The Morgan fingerprint density at radius 1 is 1.14 bits per heavy atom. The van der Waals surface area contributed by atoms with E-state index in [-0.39, 0.29) is 12.5 Å². The van der Waals surface area contributed by atoms with Gasteiger partial charge in [-0.2, -0.15) is 0 Å². The van der Waals surface area contributed by atoms with Crippen molar-refractivity contribution in [1.82, 2.24) is 14.9 Å². The summed E-state index contributed by atoms with van der Waals surface area (Å²) < 4.78 is 24.1. The van der Waals surface area contributed by atoms with E-state index in [1.165, 1.54) is 45.1 Å². The number of rotatable bonds is 6. The fraction of sp³-hybridized carbons (Fsp3) is 0.933. The average Bonchev–Trinajstić information content (AvgIpc) is 2.51. The van der Waals surface area contributed by atoms with Crippen LogP contribution in [0.2, 0.25) is 0 Å². The van der Waals surface area contributed by atoms with Gasteiger partial charge in [-0.05, 0) is 38.1 Å². The number of sulfonamides is 1. The Kier molecular flexibility index (Phi) is 6.65. The SMILES string of the molecule is CS(=O)(=O)NCC(=O)NC[C@@H]1CCCN(C2CCCCC2)C1. The number of carbonyl (C=O) groups is 1. The number of carbonyl (C=O) groups excluding carboxylic acids is 1. The summed E-state index contributed by atoms with van der Waals surface area (Å²) in [6.07, 6.45) is 10.1. The molecule has 1 heterocycles. The molecule has 1 aliphatic carbocycles. The highest BCUT2D eigenvalue weighted by atomic mass is 32.2. The number of amides is 1. The Bertz CT molecular complexity index is 461. The maximum Gasteiger partial charge on any atom is 0.235 e. The summed E-state index contributed by atoms with van der Waals surface area (Å²) in [4.78, 5) is 14.3. The number of nitrogens with one attached hydrogen (secondary N) is 2. The van der Waals surface area contributed by atoms with Crippen molar-refractivity contribution in [2.45, 2.75) is 51.0 Å². The van der Waals surface area contributed by atoms with Crippen molar-refractivity contribution >= 4 is 15.9 Å². The minimum atomic E-state index is -3.30. The van der Waals surface area contributed by atoms with Gasteiger partial charge < -0.3 is 10.2 Å². The first-order chi connectivity index (χ1) is 10.4. The molecule has 2 rings (SSSR count). The van der Waals surface area contributed by atoms with Crippen LogP contribution < -0.4 is 10.0 Å². The second kappa shape index (κ2) is 8.26. The minimum absolute atomic E-state index is 0.169. The van der Waals surface area contributed by atoms with Crippen LogP contribution in [-0.4, -0.2) is 57.7 Å². The van der Waals surface area contributed by atoms with Gasteiger partial charge >= 0.3 is 0 Å². The zero-order valence-corrected chi connectivity index (χ0v) is 14.3. The normalized spacial score (nSPS) is 25.0. The summed E-state index contributed by atoms with van der Waals surface area (Å²) in [5, 5.41) is 2.86. The van der Waals surface area contributed by atoms with E-state index >= 15 is 0 Å². The predicted octanol–water partition coefficient (Wildman–Crippen LogP) is 0.696. The smallest absolute Gasteiger partial charge is 0.235 e. The second-order valence-corrected chi connectivity index (χ2v) is 8.53. The van der Waals surface area contributed by atoms with Crippen molar-refractivity contribution in [3.8, 4) is 0 Å². The Morgan fingerprint density at radius 2 is 1.86 bits per heavy atom. The van der Waals surface area contributed by atoms with Gasteiger partial charge in [-0.1, -0.05) is 19.3 Å². The number of nitrogens with zero attached hydrogens (tertiary/aromatic N) is 1. The first kappa shape index (κ1) is 17.7. The molecule has 0 unspecified atom stereocenters. The molecular formula is C15H29N3O3S. The van der Waals surface area contributed by atoms with Crippen molar-refractivity contribution in [3.05, 3.63) is 0 Å². The van der Waals surface area contributed by atoms with Crippen molar-refractivity contribution in [3.63, 3.8) is 0 Å². The molecule has 128 valence electrons. The quantitative estimate of drug-likeness (QED) is 0.751. The van der Waals surface area contributed by atoms with Crippen LogP contribution in [0.25, 0.3) is 0 Å². The lowest BCUT2D eigenvalue weighted by Crippen LogP contribution is -2.47. The van der Waals surface area contributed by atoms with Crippen molar-refractivity contribution in [2.75, 3.05) is 32.4 Å². The first-order valence-corrected chi connectivity index (χ1v) is 10.3.